The minimum atomic E-state index is -3.97. The van der Waals surface area contributed by atoms with Gasteiger partial charge in [0.2, 0.25) is 0 Å². The maximum absolute atomic E-state index is 14.4. The van der Waals surface area contributed by atoms with Crippen LogP contribution in [0.5, 0.6) is 0 Å². The summed E-state index contributed by atoms with van der Waals surface area (Å²) < 4.78 is 69.8. The number of nitrogens with one attached hydrogen (secondary N) is 1. The molecule has 10 heteroatoms. The quantitative estimate of drug-likeness (QED) is 0.368. The monoisotopic (exact) mass is 415 g/mol. The molecule has 0 bridgehead atoms. The van der Waals surface area contributed by atoms with Gasteiger partial charge in [-0.25, -0.2) is 13.2 Å². The van der Waals surface area contributed by atoms with Crippen LogP contribution >= 0.6 is 11.6 Å². The van der Waals surface area contributed by atoms with Gasteiger partial charge in [0.05, 0.1) is 11.3 Å². The van der Waals surface area contributed by atoms with Crippen molar-refractivity contribution < 1.29 is 26.7 Å². The fraction of sp³-hybridized carbons (Fsp3) is 0.111. The SMILES string of the molecule is Cn1cc(C(=O)Nc2c(-c3ccccc3)cc(F)c(F)c2F)c(C(F)(F)Cl)n1. The van der Waals surface area contributed by atoms with Gasteiger partial charge in [0.15, 0.2) is 23.1 Å². The van der Waals surface area contributed by atoms with Gasteiger partial charge in [-0.15, -0.1) is 0 Å². The standard InChI is InChI=1S/C18H11ClF5N3O/c1-27-8-11(16(26-27)18(19,23)24)17(28)25-15-10(9-5-3-2-4-6-9)7-12(20)13(21)14(15)22/h2-8H,1H3,(H,25,28). The zero-order valence-corrected chi connectivity index (χ0v) is 14.9. The van der Waals surface area contributed by atoms with Gasteiger partial charge in [-0.05, 0) is 23.2 Å². The predicted molar refractivity (Wildman–Crippen MR) is 92.7 cm³/mol. The van der Waals surface area contributed by atoms with E-state index in [1.807, 2.05) is 5.32 Å². The number of hydrogen-bond acceptors (Lipinski definition) is 2. The lowest BCUT2D eigenvalue weighted by Crippen LogP contribution is -2.19. The predicted octanol–water partition coefficient (Wildman–Crippen LogP) is 5.04. The molecule has 0 saturated heterocycles. The molecule has 1 aromatic heterocycles. The van der Waals surface area contributed by atoms with E-state index in [-0.39, 0.29) is 11.1 Å². The number of carbonyl (C=O) groups is 1. The number of anilines is 1. The Morgan fingerprint density at radius 2 is 1.79 bits per heavy atom. The summed E-state index contributed by atoms with van der Waals surface area (Å²) in [5, 5.41) is 1.48. The zero-order chi connectivity index (χ0) is 20.6. The molecule has 0 radical (unpaired) electrons. The van der Waals surface area contributed by atoms with Crippen molar-refractivity contribution in [2.45, 2.75) is 5.38 Å². The minimum absolute atomic E-state index is 0.173. The number of rotatable bonds is 4. The summed E-state index contributed by atoms with van der Waals surface area (Å²) in [6.07, 6.45) is 0.945. The van der Waals surface area contributed by atoms with Crippen molar-refractivity contribution in [3.8, 4) is 11.1 Å². The first kappa shape index (κ1) is 19.8. The number of alkyl halides is 3. The van der Waals surface area contributed by atoms with Crippen LogP contribution in [0.2, 0.25) is 0 Å². The smallest absolute Gasteiger partial charge is 0.319 e. The lowest BCUT2D eigenvalue weighted by Gasteiger charge is -2.14. The highest BCUT2D eigenvalue weighted by Gasteiger charge is 2.37. The second-order valence-electron chi connectivity index (χ2n) is 5.79. The molecule has 4 nitrogen and oxygen atoms in total. The summed E-state index contributed by atoms with van der Waals surface area (Å²) in [7, 11) is 1.27. The first-order valence-electron chi connectivity index (χ1n) is 7.74. The van der Waals surface area contributed by atoms with Gasteiger partial charge in [0, 0.05) is 18.8 Å². The Labute approximate surface area is 160 Å². The van der Waals surface area contributed by atoms with Crippen molar-refractivity contribution in [2.24, 2.45) is 7.05 Å². The van der Waals surface area contributed by atoms with Crippen LogP contribution in [0.15, 0.2) is 42.6 Å². The molecule has 0 aliphatic heterocycles. The number of hydrogen-bond donors (Lipinski definition) is 1. The summed E-state index contributed by atoms with van der Waals surface area (Å²) in [6.45, 7) is 0. The van der Waals surface area contributed by atoms with Gasteiger partial charge >= 0.3 is 5.38 Å². The van der Waals surface area contributed by atoms with Gasteiger partial charge < -0.3 is 5.32 Å². The maximum atomic E-state index is 14.4. The van der Waals surface area contributed by atoms with Gasteiger partial charge in [-0.2, -0.15) is 13.9 Å². The van der Waals surface area contributed by atoms with Crippen molar-refractivity contribution in [3.05, 3.63) is 71.3 Å². The van der Waals surface area contributed by atoms with Crippen LogP contribution in [-0.2, 0) is 12.4 Å². The normalized spacial score (nSPS) is 11.5. The van der Waals surface area contributed by atoms with Crippen LogP contribution in [0.25, 0.3) is 11.1 Å². The first-order valence-corrected chi connectivity index (χ1v) is 8.12. The summed E-state index contributed by atoms with van der Waals surface area (Å²) in [5.41, 5.74) is -2.31. The minimum Gasteiger partial charge on any atom is -0.319 e. The van der Waals surface area contributed by atoms with Crippen molar-refractivity contribution in [2.75, 3.05) is 5.32 Å². The van der Waals surface area contributed by atoms with E-state index in [0.29, 0.717) is 6.07 Å². The van der Waals surface area contributed by atoms with Crippen LogP contribution in [0.3, 0.4) is 0 Å². The Kier molecular flexibility index (Phi) is 5.12. The van der Waals surface area contributed by atoms with E-state index in [0.717, 1.165) is 10.9 Å². The molecule has 1 N–H and O–H groups in total. The third-order valence-electron chi connectivity index (χ3n) is 3.83. The van der Waals surface area contributed by atoms with Crippen molar-refractivity contribution in [1.82, 2.24) is 9.78 Å². The molecule has 0 aliphatic rings. The van der Waals surface area contributed by atoms with E-state index < -0.39 is 45.7 Å². The largest absolute Gasteiger partial charge is 0.367 e. The lowest BCUT2D eigenvalue weighted by molar-refractivity contribution is 0.0849. The molecular formula is C18H11ClF5N3O. The van der Waals surface area contributed by atoms with E-state index in [9.17, 15) is 26.7 Å². The molecule has 3 rings (SSSR count). The molecule has 0 saturated carbocycles. The highest BCUT2D eigenvalue weighted by molar-refractivity contribution is 6.22. The van der Waals surface area contributed by atoms with Gasteiger partial charge in [0.25, 0.3) is 5.91 Å². The average Bonchev–Trinajstić information content (AvgIpc) is 3.05. The highest BCUT2D eigenvalue weighted by Crippen LogP contribution is 2.36. The summed E-state index contributed by atoms with van der Waals surface area (Å²) in [5.74, 6) is -6.17. The molecule has 1 heterocycles. The Morgan fingerprint density at radius 3 is 2.39 bits per heavy atom. The van der Waals surface area contributed by atoms with Crippen LogP contribution in [0.4, 0.5) is 27.6 Å². The van der Waals surface area contributed by atoms with Gasteiger partial charge in [-0.3, -0.25) is 9.48 Å². The van der Waals surface area contributed by atoms with E-state index >= 15 is 0 Å². The molecule has 28 heavy (non-hydrogen) atoms. The number of aryl methyl sites for hydroxylation is 1. The number of carbonyl (C=O) groups excluding carboxylic acids is 1. The third-order valence-corrected chi connectivity index (χ3v) is 4.01. The third kappa shape index (κ3) is 3.70. The van der Waals surface area contributed by atoms with Crippen molar-refractivity contribution in [1.29, 1.82) is 0 Å². The fourth-order valence-electron chi connectivity index (χ4n) is 2.61. The molecule has 0 aliphatic carbocycles. The second kappa shape index (κ2) is 7.23. The number of aromatic nitrogens is 2. The maximum Gasteiger partial charge on any atom is 0.367 e. The Hall–Kier alpha value is -2.94. The molecule has 0 spiro atoms. The van der Waals surface area contributed by atoms with Crippen molar-refractivity contribution >= 4 is 23.2 Å². The van der Waals surface area contributed by atoms with Crippen LogP contribution < -0.4 is 5.32 Å². The van der Waals surface area contributed by atoms with Crippen LogP contribution in [0, 0.1) is 17.5 Å². The molecule has 146 valence electrons. The number of nitrogens with zero attached hydrogens (tertiary/aromatic N) is 2. The van der Waals surface area contributed by atoms with Crippen molar-refractivity contribution in [3.63, 3.8) is 0 Å². The second-order valence-corrected chi connectivity index (χ2v) is 6.27. The molecule has 0 fully saturated rings. The fourth-order valence-corrected chi connectivity index (χ4v) is 2.75. The molecule has 2 aromatic carbocycles. The number of amides is 1. The average molecular weight is 416 g/mol. The number of halogens is 6. The van der Waals surface area contributed by atoms with Crippen LogP contribution in [-0.4, -0.2) is 15.7 Å². The number of benzene rings is 2. The Bertz CT molecular complexity index is 1050. The lowest BCUT2D eigenvalue weighted by atomic mass is 10.0. The van der Waals surface area contributed by atoms with E-state index in [1.165, 1.54) is 19.2 Å². The molecule has 3 aromatic rings. The van der Waals surface area contributed by atoms with E-state index in [2.05, 4.69) is 5.10 Å². The molecule has 1 amide bonds. The topological polar surface area (TPSA) is 46.9 Å². The zero-order valence-electron chi connectivity index (χ0n) is 14.1. The van der Waals surface area contributed by atoms with Gasteiger partial charge in [-0.1, -0.05) is 30.3 Å². The molecular weight excluding hydrogens is 405 g/mol. The highest BCUT2D eigenvalue weighted by atomic mass is 35.5. The van der Waals surface area contributed by atoms with E-state index in [4.69, 9.17) is 11.6 Å². The molecule has 0 atom stereocenters. The van der Waals surface area contributed by atoms with Gasteiger partial charge in [0.1, 0.15) is 0 Å². The Balaban J connectivity index is 2.11. The van der Waals surface area contributed by atoms with E-state index in [1.54, 1.807) is 18.2 Å². The summed E-state index contributed by atoms with van der Waals surface area (Å²) >= 11 is 4.96. The Morgan fingerprint density at radius 1 is 1.14 bits per heavy atom. The summed E-state index contributed by atoms with van der Waals surface area (Å²) in [4.78, 5) is 12.5. The molecule has 0 unspecified atom stereocenters. The first-order chi connectivity index (χ1) is 13.1. The summed E-state index contributed by atoms with van der Waals surface area (Å²) in [6, 6.07) is 8.42. The van der Waals surface area contributed by atoms with Crippen LogP contribution in [0.1, 0.15) is 16.1 Å².